The molecule has 2 aliphatic rings. The van der Waals surface area contributed by atoms with Gasteiger partial charge in [-0.3, -0.25) is 29.0 Å². The number of hydrogen-bond acceptors (Lipinski definition) is 5. The summed E-state index contributed by atoms with van der Waals surface area (Å²) in [5.41, 5.74) is 1.21. The third kappa shape index (κ3) is 2.06. The second kappa shape index (κ2) is 5.01. The number of fused-ring (bicyclic) bond motifs is 2. The quantitative estimate of drug-likeness (QED) is 0.783. The number of rotatable bonds is 2. The highest BCUT2D eigenvalue weighted by atomic mass is 16.5. The second-order valence-corrected chi connectivity index (χ2v) is 5.86. The molecule has 0 bridgehead atoms. The molecule has 7 nitrogen and oxygen atoms in total. The third-order valence-corrected chi connectivity index (χ3v) is 4.36. The summed E-state index contributed by atoms with van der Waals surface area (Å²) >= 11 is 0. The van der Waals surface area contributed by atoms with Crippen molar-refractivity contribution < 1.29 is 23.9 Å². The zero-order valence-corrected chi connectivity index (χ0v) is 13.4. The molecule has 4 amide bonds. The highest BCUT2D eigenvalue weighted by Crippen LogP contribution is 2.31. The average Bonchev–Trinajstić information content (AvgIpc) is 2.96. The summed E-state index contributed by atoms with van der Waals surface area (Å²) in [6.07, 6.45) is 0. The molecule has 0 radical (unpaired) electrons. The predicted molar refractivity (Wildman–Crippen MR) is 85.8 cm³/mol. The first kappa shape index (κ1) is 15.1. The minimum atomic E-state index is -0.387. The van der Waals surface area contributed by atoms with E-state index in [4.69, 9.17) is 4.74 Å². The first-order chi connectivity index (χ1) is 11.9. The Balaban J connectivity index is 1.67. The number of nitrogens with zero attached hydrogens (tertiary/aromatic N) is 2. The van der Waals surface area contributed by atoms with Crippen molar-refractivity contribution in [2.75, 3.05) is 14.1 Å². The molecule has 25 heavy (non-hydrogen) atoms. The number of hydrogen-bond donors (Lipinski definition) is 0. The van der Waals surface area contributed by atoms with E-state index < -0.39 is 0 Å². The molecule has 0 unspecified atom stereocenters. The van der Waals surface area contributed by atoms with Gasteiger partial charge in [-0.25, -0.2) is 0 Å². The van der Waals surface area contributed by atoms with Gasteiger partial charge >= 0.3 is 0 Å². The molecular formula is C18H12N2O5. The topological polar surface area (TPSA) is 84.0 Å². The number of ether oxygens (including phenoxy) is 1. The van der Waals surface area contributed by atoms with E-state index in [0.29, 0.717) is 22.6 Å². The van der Waals surface area contributed by atoms with E-state index in [9.17, 15) is 19.2 Å². The highest BCUT2D eigenvalue weighted by molar-refractivity contribution is 6.22. The monoisotopic (exact) mass is 336 g/mol. The van der Waals surface area contributed by atoms with Gasteiger partial charge < -0.3 is 4.74 Å². The van der Waals surface area contributed by atoms with Crippen molar-refractivity contribution in [1.82, 2.24) is 9.80 Å². The summed E-state index contributed by atoms with van der Waals surface area (Å²) in [6.45, 7) is 0. The smallest absolute Gasteiger partial charge is 0.261 e. The van der Waals surface area contributed by atoms with Crippen LogP contribution >= 0.6 is 0 Å². The lowest BCUT2D eigenvalue weighted by atomic mass is 10.1. The van der Waals surface area contributed by atoms with Crippen LogP contribution in [0.3, 0.4) is 0 Å². The fourth-order valence-electron chi connectivity index (χ4n) is 2.94. The Kier molecular flexibility index (Phi) is 3.02. The first-order valence-electron chi connectivity index (χ1n) is 7.49. The van der Waals surface area contributed by atoms with Crippen LogP contribution in [0.2, 0.25) is 0 Å². The molecule has 2 aliphatic heterocycles. The van der Waals surface area contributed by atoms with Gasteiger partial charge in [0.15, 0.2) is 0 Å². The van der Waals surface area contributed by atoms with E-state index in [1.54, 1.807) is 12.1 Å². The molecule has 2 heterocycles. The standard InChI is InChI=1S/C18H12N2O5/c1-19-15(21)11-5-3-9(7-13(11)17(19)23)25-10-4-6-12-14(8-10)18(24)20(2)16(12)22/h3-8H,1-2H3. The maximum absolute atomic E-state index is 12.0. The summed E-state index contributed by atoms with van der Waals surface area (Å²) in [6, 6.07) is 9.20. The molecule has 0 fully saturated rings. The highest BCUT2D eigenvalue weighted by Gasteiger charge is 2.34. The van der Waals surface area contributed by atoms with Crippen LogP contribution in [0.5, 0.6) is 11.5 Å². The van der Waals surface area contributed by atoms with Crippen LogP contribution < -0.4 is 4.74 Å². The molecule has 2 aromatic rings. The molecular weight excluding hydrogens is 324 g/mol. The second-order valence-electron chi connectivity index (χ2n) is 5.86. The van der Waals surface area contributed by atoms with Crippen molar-refractivity contribution in [3.05, 3.63) is 58.7 Å². The van der Waals surface area contributed by atoms with Gasteiger partial charge in [0, 0.05) is 14.1 Å². The van der Waals surface area contributed by atoms with E-state index in [1.807, 2.05) is 0 Å². The Bertz CT molecular complexity index is 915. The van der Waals surface area contributed by atoms with E-state index in [0.717, 1.165) is 9.80 Å². The van der Waals surface area contributed by atoms with Gasteiger partial charge in [-0.1, -0.05) is 0 Å². The van der Waals surface area contributed by atoms with E-state index in [2.05, 4.69) is 0 Å². The number of benzene rings is 2. The fraction of sp³-hybridized carbons (Fsp3) is 0.111. The summed E-state index contributed by atoms with van der Waals surface area (Å²) in [5, 5.41) is 0. The number of carbonyl (C=O) groups is 4. The van der Waals surface area contributed by atoms with Crippen LogP contribution in [-0.4, -0.2) is 47.5 Å². The Morgan fingerprint density at radius 3 is 1.36 bits per heavy atom. The van der Waals surface area contributed by atoms with Gasteiger partial charge in [0.05, 0.1) is 22.3 Å². The third-order valence-electron chi connectivity index (χ3n) is 4.36. The molecule has 0 spiro atoms. The molecule has 0 N–H and O–H groups in total. The van der Waals surface area contributed by atoms with Crippen LogP contribution in [-0.2, 0) is 0 Å². The molecule has 124 valence electrons. The Morgan fingerprint density at radius 1 is 0.600 bits per heavy atom. The summed E-state index contributed by atoms with van der Waals surface area (Å²) in [5.74, 6) is -0.753. The van der Waals surface area contributed by atoms with Crippen molar-refractivity contribution in [3.8, 4) is 11.5 Å². The lowest BCUT2D eigenvalue weighted by Gasteiger charge is -2.07. The van der Waals surface area contributed by atoms with Gasteiger partial charge in [-0.2, -0.15) is 0 Å². The molecule has 0 aliphatic carbocycles. The van der Waals surface area contributed by atoms with Crippen molar-refractivity contribution in [1.29, 1.82) is 0 Å². The summed E-state index contributed by atoms with van der Waals surface area (Å²) in [4.78, 5) is 50.0. The summed E-state index contributed by atoms with van der Waals surface area (Å²) < 4.78 is 5.70. The summed E-state index contributed by atoms with van der Waals surface area (Å²) in [7, 11) is 2.84. The van der Waals surface area contributed by atoms with E-state index in [1.165, 1.54) is 38.4 Å². The van der Waals surface area contributed by atoms with Gasteiger partial charge in [-0.05, 0) is 36.4 Å². The fourth-order valence-corrected chi connectivity index (χ4v) is 2.94. The van der Waals surface area contributed by atoms with Gasteiger partial charge in [0.25, 0.3) is 23.6 Å². The van der Waals surface area contributed by atoms with Crippen LogP contribution in [0, 0.1) is 0 Å². The molecule has 2 aromatic carbocycles. The lowest BCUT2D eigenvalue weighted by Crippen LogP contribution is -2.24. The Labute approximate surface area is 142 Å². The van der Waals surface area contributed by atoms with Gasteiger partial charge in [0.1, 0.15) is 11.5 Å². The molecule has 0 saturated heterocycles. The molecule has 7 heteroatoms. The first-order valence-corrected chi connectivity index (χ1v) is 7.49. The van der Waals surface area contributed by atoms with Crippen molar-refractivity contribution in [3.63, 3.8) is 0 Å². The number of amides is 4. The van der Waals surface area contributed by atoms with Crippen LogP contribution in [0.1, 0.15) is 41.4 Å². The predicted octanol–water partition coefficient (Wildman–Crippen LogP) is 1.93. The zero-order valence-electron chi connectivity index (χ0n) is 13.4. The van der Waals surface area contributed by atoms with Crippen LogP contribution in [0.4, 0.5) is 0 Å². The zero-order chi connectivity index (χ0) is 17.9. The van der Waals surface area contributed by atoms with E-state index in [-0.39, 0.29) is 34.8 Å². The van der Waals surface area contributed by atoms with Crippen LogP contribution in [0.15, 0.2) is 36.4 Å². The van der Waals surface area contributed by atoms with Crippen molar-refractivity contribution >= 4 is 23.6 Å². The van der Waals surface area contributed by atoms with Gasteiger partial charge in [-0.15, -0.1) is 0 Å². The molecule has 0 saturated carbocycles. The Hall–Kier alpha value is -3.48. The number of carbonyl (C=O) groups excluding carboxylic acids is 4. The van der Waals surface area contributed by atoms with Gasteiger partial charge in [0.2, 0.25) is 0 Å². The maximum atomic E-state index is 12.0. The molecule has 0 aromatic heterocycles. The molecule has 0 atom stereocenters. The minimum Gasteiger partial charge on any atom is -0.457 e. The molecule has 4 rings (SSSR count). The van der Waals surface area contributed by atoms with Crippen molar-refractivity contribution in [2.45, 2.75) is 0 Å². The average molecular weight is 336 g/mol. The number of imide groups is 2. The van der Waals surface area contributed by atoms with E-state index >= 15 is 0 Å². The largest absolute Gasteiger partial charge is 0.457 e. The SMILES string of the molecule is CN1C(=O)c2ccc(Oc3ccc4c(c3)C(=O)N(C)C4=O)cc2C1=O. The Morgan fingerprint density at radius 2 is 0.960 bits per heavy atom. The maximum Gasteiger partial charge on any atom is 0.261 e. The normalized spacial score (nSPS) is 15.8. The van der Waals surface area contributed by atoms with Crippen molar-refractivity contribution in [2.24, 2.45) is 0 Å². The lowest BCUT2D eigenvalue weighted by molar-refractivity contribution is 0.0678. The minimum absolute atomic E-state index is 0.275. The van der Waals surface area contributed by atoms with Crippen LogP contribution in [0.25, 0.3) is 0 Å².